The molecule has 0 amide bonds. The summed E-state index contributed by atoms with van der Waals surface area (Å²) in [5.41, 5.74) is 4.96. The second-order valence-electron chi connectivity index (χ2n) is 10.7. The fourth-order valence-electron chi connectivity index (χ4n) is 4.79. The van der Waals surface area contributed by atoms with Crippen molar-refractivity contribution in [1.29, 1.82) is 0 Å². The first-order valence-corrected chi connectivity index (χ1v) is 16.1. The van der Waals surface area contributed by atoms with Crippen molar-refractivity contribution in [1.82, 2.24) is 19.1 Å². The van der Waals surface area contributed by atoms with Gasteiger partial charge in [-0.05, 0) is 36.4 Å². The molecule has 0 aliphatic heterocycles. The van der Waals surface area contributed by atoms with E-state index in [4.69, 9.17) is 22.3 Å². The van der Waals surface area contributed by atoms with Crippen LogP contribution in [0.15, 0.2) is 171 Å². The molecule has 0 N–H and O–H groups in total. The molecule has 0 aliphatic rings. The van der Waals surface area contributed by atoms with Gasteiger partial charge in [0.25, 0.3) is 0 Å². The van der Waals surface area contributed by atoms with Gasteiger partial charge in [-0.3, -0.25) is 0 Å². The number of benzene rings is 4. The number of hydrogen-bond donors (Lipinski definition) is 0. The summed E-state index contributed by atoms with van der Waals surface area (Å²) in [6.45, 7) is 0. The van der Waals surface area contributed by atoms with E-state index >= 15 is 0 Å². The predicted octanol–water partition coefficient (Wildman–Crippen LogP) is 10.0. The molecule has 8 aromatic rings. The molecule has 0 aliphatic carbocycles. The maximum Gasteiger partial charge on any atom is 0.215 e. The third-order valence-corrected chi connectivity index (χ3v) is 7.26. The second kappa shape index (κ2) is 21.4. The van der Waals surface area contributed by atoms with Gasteiger partial charge in [-0.25, -0.2) is 34.2 Å². The summed E-state index contributed by atoms with van der Waals surface area (Å²) in [5.74, 6) is 2.02. The van der Waals surface area contributed by atoms with Crippen LogP contribution in [-0.2, 0) is 42.1 Å². The Labute approximate surface area is 345 Å². The van der Waals surface area contributed by atoms with E-state index in [1.54, 1.807) is 46.3 Å². The van der Waals surface area contributed by atoms with Crippen molar-refractivity contribution < 1.29 is 51.6 Å². The molecule has 4 heterocycles. The first-order valence-electron chi connectivity index (χ1n) is 16.1. The molecule has 8 heteroatoms. The van der Waals surface area contributed by atoms with Crippen molar-refractivity contribution in [2.24, 2.45) is 0 Å². The Hall–Kier alpha value is -6.16. The van der Waals surface area contributed by atoms with Gasteiger partial charge in [0.05, 0.1) is 0 Å². The van der Waals surface area contributed by atoms with E-state index in [1.807, 2.05) is 133 Å². The topological polar surface area (TPSA) is 54.1 Å². The molecule has 0 atom stereocenters. The molecule has 0 bridgehead atoms. The molecule has 6 nitrogen and oxygen atoms in total. The van der Waals surface area contributed by atoms with Gasteiger partial charge in [-0.15, -0.1) is 11.1 Å². The van der Waals surface area contributed by atoms with Crippen LogP contribution in [0.4, 0.5) is 0 Å². The van der Waals surface area contributed by atoms with Crippen molar-refractivity contribution in [2.75, 3.05) is 0 Å². The van der Waals surface area contributed by atoms with Gasteiger partial charge in [0, 0.05) is 91.4 Å². The quantitative estimate of drug-likeness (QED) is 0.118. The van der Waals surface area contributed by atoms with Crippen molar-refractivity contribution in [3.63, 3.8) is 0 Å². The number of aromatic nitrogens is 4. The molecule has 54 heavy (non-hydrogen) atoms. The number of nitrogens with zero attached hydrogens (tertiary/aromatic N) is 4. The molecule has 4 aromatic carbocycles. The van der Waals surface area contributed by atoms with Crippen LogP contribution in [0.5, 0.6) is 23.3 Å². The van der Waals surface area contributed by atoms with Crippen molar-refractivity contribution in [3.8, 4) is 68.7 Å². The second-order valence-corrected chi connectivity index (χ2v) is 10.7. The Balaban J connectivity index is 0.000000340. The zero-order valence-electron chi connectivity index (χ0n) is 28.4. The number of ether oxygens (including phenoxy) is 2. The summed E-state index contributed by atoms with van der Waals surface area (Å²) < 4.78 is 15.5. The maximum absolute atomic E-state index is 6.57. The average molecular weight is 1060 g/mol. The molecule has 8 rings (SSSR count). The molecule has 0 spiro atoms. The minimum Gasteiger partial charge on any atom is -0.669 e. The van der Waals surface area contributed by atoms with Crippen molar-refractivity contribution >= 4 is 0 Å². The zero-order chi connectivity index (χ0) is 35.8. The van der Waals surface area contributed by atoms with Gasteiger partial charge in [-0.1, -0.05) is 95.4 Å². The van der Waals surface area contributed by atoms with Crippen molar-refractivity contribution in [2.45, 2.75) is 0 Å². The Kier molecular flexibility index (Phi) is 16.1. The fraction of sp³-hybridized carbons (Fsp3) is 0. The minimum atomic E-state index is 0. The maximum atomic E-state index is 6.57. The molecule has 0 unspecified atom stereocenters. The summed E-state index contributed by atoms with van der Waals surface area (Å²) in [5, 5.41) is 0. The number of pyridine rings is 2. The molecule has 270 valence electrons. The van der Waals surface area contributed by atoms with Gasteiger partial charge in [0.15, 0.2) is 0 Å². The van der Waals surface area contributed by atoms with Gasteiger partial charge in [-0.2, -0.15) is 0 Å². The molecule has 4 aromatic heterocycles. The van der Waals surface area contributed by atoms with Crippen LogP contribution in [-0.4, -0.2) is 19.1 Å². The standard InChI is InChI=1S/C34H20N2O2.2C6H4N.2Pt/c1-3-11-25(12-4-1)29-19-17-27(23-31(29)37-33-15-7-9-21-35-33)28-18-20-30(26-13-5-2-6-14-26)32(24-28)38-34-16-8-10-22-36-34;2*1-2-7-5-3-4-6-7;;/h1-16,19-22H;2*3-6H;;/q-4;2*-1;;. The Morgan fingerprint density at radius 3 is 1.17 bits per heavy atom. The molecular formula is C46H28N4O2Pt2-6. The molecule has 0 fully saturated rings. The summed E-state index contributed by atoms with van der Waals surface area (Å²) >= 11 is 0. The molecule has 0 radical (unpaired) electrons. The van der Waals surface area contributed by atoms with E-state index in [-0.39, 0.29) is 42.1 Å². The van der Waals surface area contributed by atoms with Gasteiger partial charge in [0.2, 0.25) is 11.8 Å². The Bertz CT molecular complexity index is 2190. The third-order valence-electron chi connectivity index (χ3n) is 7.26. The molecule has 0 saturated heterocycles. The third kappa shape index (κ3) is 11.4. The van der Waals surface area contributed by atoms with E-state index in [1.165, 1.54) is 0 Å². The van der Waals surface area contributed by atoms with Crippen LogP contribution < -0.4 is 9.47 Å². The summed E-state index contributed by atoms with van der Waals surface area (Å²) in [7, 11) is 0. The van der Waals surface area contributed by atoms with Gasteiger partial charge >= 0.3 is 0 Å². The van der Waals surface area contributed by atoms with Crippen LogP contribution in [0, 0.1) is 49.2 Å². The average Bonchev–Trinajstić information content (AvgIpc) is 3.96. The van der Waals surface area contributed by atoms with Gasteiger partial charge in [0.1, 0.15) is 0 Å². The van der Waals surface area contributed by atoms with E-state index in [9.17, 15) is 0 Å². The van der Waals surface area contributed by atoms with Crippen LogP contribution in [0.3, 0.4) is 0 Å². The smallest absolute Gasteiger partial charge is 0.215 e. The largest absolute Gasteiger partial charge is 0.669 e. The monoisotopic (exact) mass is 1060 g/mol. The van der Waals surface area contributed by atoms with E-state index in [2.05, 4.69) is 46.3 Å². The molecular weight excluding hydrogens is 1030 g/mol. The normalized spacial score (nSPS) is 9.52. The van der Waals surface area contributed by atoms with E-state index in [0.29, 0.717) is 34.4 Å². The fourth-order valence-corrected chi connectivity index (χ4v) is 4.79. The van der Waals surface area contributed by atoms with Crippen molar-refractivity contribution in [3.05, 3.63) is 208 Å². The zero-order valence-corrected chi connectivity index (χ0v) is 32.9. The Morgan fingerprint density at radius 2 is 0.852 bits per heavy atom. The SMILES string of the molecule is [C-]#Cn1cccc1.[C-]#Cn1cccc1.[Pt].[Pt].[c-]1cc(-c2ccccc2)c(Oc2ccccn2)[c-]c1-c1[c-]cc(-c2ccccc2)c(Oc2ccccn2)[c-]1. The number of hydrogen-bond acceptors (Lipinski definition) is 4. The summed E-state index contributed by atoms with van der Waals surface area (Å²) in [4.78, 5) is 8.64. The minimum absolute atomic E-state index is 0. The summed E-state index contributed by atoms with van der Waals surface area (Å²) in [6, 6.07) is 60.0. The van der Waals surface area contributed by atoms with Crippen LogP contribution in [0.1, 0.15) is 0 Å². The van der Waals surface area contributed by atoms with E-state index < -0.39 is 0 Å². The first-order chi connectivity index (χ1) is 25.7. The first kappa shape index (κ1) is 40.6. The summed E-state index contributed by atoms with van der Waals surface area (Å²) in [6.07, 6.45) is 23.6. The van der Waals surface area contributed by atoms with Crippen LogP contribution in [0.25, 0.3) is 33.4 Å². The molecule has 0 saturated carbocycles. The van der Waals surface area contributed by atoms with Gasteiger partial charge < -0.3 is 66.8 Å². The van der Waals surface area contributed by atoms with E-state index in [0.717, 1.165) is 22.3 Å². The Morgan fingerprint density at radius 1 is 0.481 bits per heavy atom. The number of rotatable bonds is 7. The van der Waals surface area contributed by atoms with Crippen LogP contribution >= 0.6 is 0 Å². The predicted molar refractivity (Wildman–Crippen MR) is 201 cm³/mol. The van der Waals surface area contributed by atoms with Crippen LogP contribution in [0.2, 0.25) is 0 Å².